The van der Waals surface area contributed by atoms with Crippen LogP contribution in [0.5, 0.6) is 0 Å². The van der Waals surface area contributed by atoms with Gasteiger partial charge in [-0.1, -0.05) is 60.7 Å². The predicted molar refractivity (Wildman–Crippen MR) is 86.2 cm³/mol. The Morgan fingerprint density at radius 2 is 1.50 bits per heavy atom. The van der Waals surface area contributed by atoms with Gasteiger partial charge in [0, 0.05) is 5.56 Å². The minimum absolute atomic E-state index is 0.977. The van der Waals surface area contributed by atoms with Crippen LogP contribution in [0.1, 0.15) is 12.5 Å². The van der Waals surface area contributed by atoms with E-state index in [4.69, 9.17) is 0 Å². The van der Waals surface area contributed by atoms with Gasteiger partial charge in [-0.05, 0) is 29.8 Å². The second kappa shape index (κ2) is 5.57. The van der Waals surface area contributed by atoms with Gasteiger partial charge in [0.1, 0.15) is 0 Å². The molecule has 3 rings (SSSR count). The zero-order chi connectivity index (χ0) is 13.8. The smallest absolute Gasteiger partial charge is 0.0654 e. The summed E-state index contributed by atoms with van der Waals surface area (Å²) >= 11 is 0. The maximum atomic E-state index is 4.48. The van der Waals surface area contributed by atoms with Crippen molar-refractivity contribution in [2.24, 2.45) is 5.10 Å². The minimum atomic E-state index is 0.977. The molecule has 20 heavy (non-hydrogen) atoms. The zero-order valence-corrected chi connectivity index (χ0v) is 11.4. The zero-order valence-electron chi connectivity index (χ0n) is 11.4. The molecule has 0 aliphatic heterocycles. The SMILES string of the molecule is CC(=NNc1ccccc1)c1cccc2ccccc12. The van der Waals surface area contributed by atoms with Crippen LogP contribution in [-0.2, 0) is 0 Å². The molecule has 0 amide bonds. The maximum absolute atomic E-state index is 4.48. The Hall–Kier alpha value is -2.61. The molecule has 0 saturated carbocycles. The van der Waals surface area contributed by atoms with Crippen molar-refractivity contribution in [2.45, 2.75) is 6.92 Å². The van der Waals surface area contributed by atoms with E-state index in [9.17, 15) is 0 Å². The molecule has 0 aliphatic carbocycles. The molecule has 3 aromatic rings. The summed E-state index contributed by atoms with van der Waals surface area (Å²) in [4.78, 5) is 0. The fourth-order valence-corrected chi connectivity index (χ4v) is 2.26. The van der Waals surface area contributed by atoms with Crippen LogP contribution in [0.4, 0.5) is 5.69 Å². The average molecular weight is 260 g/mol. The summed E-state index contributed by atoms with van der Waals surface area (Å²) < 4.78 is 0. The summed E-state index contributed by atoms with van der Waals surface area (Å²) in [5.41, 5.74) is 6.22. The van der Waals surface area contributed by atoms with Crippen LogP contribution < -0.4 is 5.43 Å². The van der Waals surface area contributed by atoms with Gasteiger partial charge in [0.05, 0.1) is 11.4 Å². The summed E-state index contributed by atoms with van der Waals surface area (Å²) in [6.45, 7) is 2.03. The summed E-state index contributed by atoms with van der Waals surface area (Å²) in [5, 5.41) is 6.94. The second-order valence-corrected chi connectivity index (χ2v) is 4.70. The lowest BCUT2D eigenvalue weighted by atomic mass is 10.0. The van der Waals surface area contributed by atoms with Crippen molar-refractivity contribution < 1.29 is 0 Å². The number of hydrazone groups is 1. The number of nitrogens with zero attached hydrogens (tertiary/aromatic N) is 1. The van der Waals surface area contributed by atoms with E-state index in [0.29, 0.717) is 0 Å². The third-order valence-corrected chi connectivity index (χ3v) is 3.31. The van der Waals surface area contributed by atoms with Crippen molar-refractivity contribution in [1.29, 1.82) is 0 Å². The van der Waals surface area contributed by atoms with E-state index in [-0.39, 0.29) is 0 Å². The molecule has 2 nitrogen and oxygen atoms in total. The molecule has 0 saturated heterocycles. The first-order valence-corrected chi connectivity index (χ1v) is 6.68. The quantitative estimate of drug-likeness (QED) is 0.537. The Balaban J connectivity index is 1.94. The van der Waals surface area contributed by atoms with E-state index in [1.807, 2.05) is 37.3 Å². The van der Waals surface area contributed by atoms with Crippen LogP contribution >= 0.6 is 0 Å². The first-order chi connectivity index (χ1) is 9.84. The molecule has 0 aromatic heterocycles. The maximum Gasteiger partial charge on any atom is 0.0654 e. The first kappa shape index (κ1) is 12.4. The van der Waals surface area contributed by atoms with Gasteiger partial charge >= 0.3 is 0 Å². The van der Waals surface area contributed by atoms with Gasteiger partial charge in [-0.3, -0.25) is 5.43 Å². The van der Waals surface area contributed by atoms with Crippen LogP contribution in [0.3, 0.4) is 0 Å². The number of hydrogen-bond acceptors (Lipinski definition) is 2. The number of para-hydroxylation sites is 1. The third-order valence-electron chi connectivity index (χ3n) is 3.31. The summed E-state index contributed by atoms with van der Waals surface area (Å²) in [6.07, 6.45) is 0. The summed E-state index contributed by atoms with van der Waals surface area (Å²) in [5.74, 6) is 0. The van der Waals surface area contributed by atoms with E-state index in [1.165, 1.54) is 10.8 Å². The Bertz CT molecular complexity index is 740. The van der Waals surface area contributed by atoms with Crippen LogP contribution in [-0.4, -0.2) is 5.71 Å². The van der Waals surface area contributed by atoms with Crippen molar-refractivity contribution in [1.82, 2.24) is 0 Å². The molecule has 0 heterocycles. The minimum Gasteiger partial charge on any atom is -0.278 e. The molecule has 0 unspecified atom stereocenters. The normalized spacial score (nSPS) is 11.6. The Morgan fingerprint density at radius 1 is 0.800 bits per heavy atom. The van der Waals surface area contributed by atoms with Crippen molar-refractivity contribution in [2.75, 3.05) is 5.43 Å². The van der Waals surface area contributed by atoms with Crippen molar-refractivity contribution in [3.05, 3.63) is 78.4 Å². The molecular formula is C18H16N2. The van der Waals surface area contributed by atoms with E-state index in [2.05, 4.69) is 53.0 Å². The molecular weight excluding hydrogens is 244 g/mol. The Kier molecular flexibility index (Phi) is 3.46. The topological polar surface area (TPSA) is 24.4 Å². The van der Waals surface area contributed by atoms with Gasteiger partial charge in [-0.25, -0.2) is 0 Å². The van der Waals surface area contributed by atoms with E-state index in [1.54, 1.807) is 0 Å². The van der Waals surface area contributed by atoms with Gasteiger partial charge < -0.3 is 0 Å². The van der Waals surface area contributed by atoms with Gasteiger partial charge in [-0.15, -0.1) is 0 Å². The van der Waals surface area contributed by atoms with Crippen LogP contribution in [0.15, 0.2) is 77.9 Å². The predicted octanol–water partition coefficient (Wildman–Crippen LogP) is 4.68. The van der Waals surface area contributed by atoms with Gasteiger partial charge in [0.25, 0.3) is 0 Å². The fourth-order valence-electron chi connectivity index (χ4n) is 2.26. The molecule has 0 bridgehead atoms. The molecule has 0 atom stereocenters. The van der Waals surface area contributed by atoms with Crippen LogP contribution in [0.2, 0.25) is 0 Å². The first-order valence-electron chi connectivity index (χ1n) is 6.68. The largest absolute Gasteiger partial charge is 0.278 e. The van der Waals surface area contributed by atoms with Crippen molar-refractivity contribution in [3.63, 3.8) is 0 Å². The number of anilines is 1. The lowest BCUT2D eigenvalue weighted by molar-refractivity contribution is 1.32. The highest BCUT2D eigenvalue weighted by atomic mass is 15.3. The molecule has 0 fully saturated rings. The molecule has 0 spiro atoms. The monoisotopic (exact) mass is 260 g/mol. The average Bonchev–Trinajstić information content (AvgIpc) is 2.53. The molecule has 98 valence electrons. The highest BCUT2D eigenvalue weighted by Gasteiger charge is 2.03. The van der Waals surface area contributed by atoms with Crippen LogP contribution in [0, 0.1) is 0 Å². The fraction of sp³-hybridized carbons (Fsp3) is 0.0556. The molecule has 3 aromatic carbocycles. The number of hydrogen-bond donors (Lipinski definition) is 1. The second-order valence-electron chi connectivity index (χ2n) is 4.70. The molecule has 0 aliphatic rings. The van der Waals surface area contributed by atoms with Gasteiger partial charge in [-0.2, -0.15) is 5.10 Å². The van der Waals surface area contributed by atoms with Crippen LogP contribution in [0.25, 0.3) is 10.8 Å². The van der Waals surface area contributed by atoms with Gasteiger partial charge in [0.2, 0.25) is 0 Å². The molecule has 0 radical (unpaired) electrons. The molecule has 1 N–H and O–H groups in total. The number of rotatable bonds is 3. The van der Waals surface area contributed by atoms with Crippen molar-refractivity contribution in [3.8, 4) is 0 Å². The highest BCUT2D eigenvalue weighted by molar-refractivity contribution is 6.09. The van der Waals surface area contributed by atoms with Crippen molar-refractivity contribution >= 4 is 22.2 Å². The Morgan fingerprint density at radius 3 is 2.35 bits per heavy atom. The van der Waals surface area contributed by atoms with E-state index < -0.39 is 0 Å². The summed E-state index contributed by atoms with van der Waals surface area (Å²) in [7, 11) is 0. The number of fused-ring (bicyclic) bond motifs is 1. The lowest BCUT2D eigenvalue weighted by Crippen LogP contribution is -2.00. The standard InChI is InChI=1S/C18H16N2/c1-14(19-20-16-10-3-2-4-11-16)17-13-7-9-15-8-5-6-12-18(15)17/h2-13,20H,1H3. The number of benzene rings is 3. The van der Waals surface area contributed by atoms with Gasteiger partial charge in [0.15, 0.2) is 0 Å². The highest BCUT2D eigenvalue weighted by Crippen LogP contribution is 2.19. The molecule has 2 heteroatoms. The third kappa shape index (κ3) is 2.54. The Labute approximate surface area is 118 Å². The van der Waals surface area contributed by atoms with E-state index >= 15 is 0 Å². The van der Waals surface area contributed by atoms with E-state index in [0.717, 1.165) is 17.0 Å². The summed E-state index contributed by atoms with van der Waals surface area (Å²) in [6, 6.07) is 24.6. The number of nitrogens with one attached hydrogen (secondary N) is 1. The lowest BCUT2D eigenvalue weighted by Gasteiger charge is -2.07.